The lowest BCUT2D eigenvalue weighted by Crippen LogP contribution is -2.35. The number of likely N-dealkylation sites (tertiary alicyclic amines) is 1. The number of amides is 1. The van der Waals surface area contributed by atoms with Crippen molar-refractivity contribution in [3.63, 3.8) is 0 Å². The minimum absolute atomic E-state index is 0.165. The van der Waals surface area contributed by atoms with Crippen LogP contribution < -0.4 is 0 Å². The summed E-state index contributed by atoms with van der Waals surface area (Å²) in [6.45, 7) is 0.632. The van der Waals surface area contributed by atoms with Gasteiger partial charge >= 0.3 is 0 Å². The lowest BCUT2D eigenvalue weighted by Gasteiger charge is -2.29. The van der Waals surface area contributed by atoms with Crippen molar-refractivity contribution in [3.05, 3.63) is 52.6 Å². The van der Waals surface area contributed by atoms with Gasteiger partial charge in [-0.1, -0.05) is 30.5 Å². The first-order chi connectivity index (χ1) is 11.1. The minimum Gasteiger partial charge on any atom is -0.330 e. The molecule has 1 saturated heterocycles. The summed E-state index contributed by atoms with van der Waals surface area (Å²) in [5.41, 5.74) is 1.09. The van der Waals surface area contributed by atoms with E-state index in [1.54, 1.807) is 27.9 Å². The third-order valence-electron chi connectivity index (χ3n) is 4.21. The highest BCUT2D eigenvalue weighted by atomic mass is 35.5. The van der Waals surface area contributed by atoms with Crippen LogP contribution in [0.2, 0.25) is 5.02 Å². The van der Waals surface area contributed by atoms with E-state index in [-0.39, 0.29) is 11.9 Å². The molecule has 1 fully saturated rings. The smallest absolute Gasteiger partial charge is 0.254 e. The first-order valence-electron chi connectivity index (χ1n) is 7.82. The molecule has 122 valence electrons. The Morgan fingerprint density at radius 2 is 2.17 bits per heavy atom. The van der Waals surface area contributed by atoms with Crippen molar-refractivity contribution in [2.75, 3.05) is 6.54 Å². The molecular weight excluding hydrogens is 317 g/mol. The number of carbonyl (C=O) groups is 1. The SMILES string of the molecule is Cn1cc(Cl)c([C@H]2CCCCCN2C(=O)c2cccc(F)c2)n1. The van der Waals surface area contributed by atoms with E-state index in [1.807, 2.05) is 7.05 Å². The van der Waals surface area contributed by atoms with E-state index in [1.165, 1.54) is 12.1 Å². The van der Waals surface area contributed by atoms with Gasteiger partial charge in [-0.05, 0) is 31.0 Å². The van der Waals surface area contributed by atoms with Crippen molar-refractivity contribution < 1.29 is 9.18 Å². The molecule has 1 aliphatic rings. The van der Waals surface area contributed by atoms with E-state index in [0.717, 1.165) is 31.4 Å². The van der Waals surface area contributed by atoms with Gasteiger partial charge in [0.15, 0.2) is 0 Å². The number of hydrogen-bond donors (Lipinski definition) is 0. The molecular formula is C17H19ClFN3O. The number of rotatable bonds is 2. The third kappa shape index (κ3) is 3.39. The van der Waals surface area contributed by atoms with Crippen molar-refractivity contribution in [2.45, 2.75) is 31.7 Å². The van der Waals surface area contributed by atoms with Crippen molar-refractivity contribution in [2.24, 2.45) is 7.05 Å². The Hall–Kier alpha value is -1.88. The van der Waals surface area contributed by atoms with Crippen molar-refractivity contribution in [1.82, 2.24) is 14.7 Å². The molecule has 4 nitrogen and oxygen atoms in total. The highest BCUT2D eigenvalue weighted by Gasteiger charge is 2.30. The second-order valence-corrected chi connectivity index (χ2v) is 6.32. The summed E-state index contributed by atoms with van der Waals surface area (Å²) in [7, 11) is 1.81. The predicted octanol–water partition coefficient (Wildman–Crippen LogP) is 3.97. The molecule has 6 heteroatoms. The number of aryl methyl sites for hydroxylation is 1. The zero-order valence-electron chi connectivity index (χ0n) is 13.0. The molecule has 0 unspecified atom stereocenters. The summed E-state index contributed by atoms with van der Waals surface area (Å²) in [5, 5.41) is 5.00. The van der Waals surface area contributed by atoms with Crippen LogP contribution in [0.25, 0.3) is 0 Å². The number of benzene rings is 1. The van der Waals surface area contributed by atoms with Gasteiger partial charge in [-0.25, -0.2) is 4.39 Å². The Kier molecular flexibility index (Phi) is 4.66. The van der Waals surface area contributed by atoms with Gasteiger partial charge in [0, 0.05) is 25.4 Å². The second-order valence-electron chi connectivity index (χ2n) is 5.91. The Morgan fingerprint density at radius 3 is 2.87 bits per heavy atom. The first kappa shape index (κ1) is 16.0. The van der Waals surface area contributed by atoms with E-state index in [0.29, 0.717) is 17.1 Å². The molecule has 23 heavy (non-hydrogen) atoms. The number of aromatic nitrogens is 2. The molecule has 1 aliphatic heterocycles. The second kappa shape index (κ2) is 6.71. The van der Waals surface area contributed by atoms with Crippen LogP contribution in [0.5, 0.6) is 0 Å². The number of carbonyl (C=O) groups excluding carboxylic acids is 1. The Bertz CT molecular complexity index is 716. The van der Waals surface area contributed by atoms with E-state index in [9.17, 15) is 9.18 Å². The molecule has 1 aromatic heterocycles. The molecule has 1 aromatic carbocycles. The molecule has 0 bridgehead atoms. The van der Waals surface area contributed by atoms with E-state index < -0.39 is 5.82 Å². The summed E-state index contributed by atoms with van der Waals surface area (Å²) in [6.07, 6.45) is 5.57. The number of hydrogen-bond acceptors (Lipinski definition) is 2. The van der Waals surface area contributed by atoms with Gasteiger partial charge in [0.1, 0.15) is 11.5 Å². The average molecular weight is 336 g/mol. The lowest BCUT2D eigenvalue weighted by molar-refractivity contribution is 0.0676. The predicted molar refractivity (Wildman–Crippen MR) is 86.9 cm³/mol. The van der Waals surface area contributed by atoms with Crippen LogP contribution in [0.4, 0.5) is 4.39 Å². The van der Waals surface area contributed by atoms with Crippen molar-refractivity contribution in [1.29, 1.82) is 0 Å². The summed E-state index contributed by atoms with van der Waals surface area (Å²) in [4.78, 5) is 14.7. The summed E-state index contributed by atoms with van der Waals surface area (Å²) in [5.74, 6) is -0.573. The maximum absolute atomic E-state index is 13.5. The van der Waals surface area contributed by atoms with Gasteiger partial charge in [0.05, 0.1) is 11.1 Å². The van der Waals surface area contributed by atoms with Gasteiger partial charge in [0.2, 0.25) is 0 Å². The zero-order chi connectivity index (χ0) is 16.4. The van der Waals surface area contributed by atoms with Gasteiger partial charge in [0.25, 0.3) is 5.91 Å². The van der Waals surface area contributed by atoms with E-state index in [4.69, 9.17) is 11.6 Å². The Labute approximate surface area is 139 Å². The third-order valence-corrected chi connectivity index (χ3v) is 4.50. The van der Waals surface area contributed by atoms with Gasteiger partial charge in [-0.2, -0.15) is 5.10 Å². The van der Waals surface area contributed by atoms with Crippen LogP contribution >= 0.6 is 11.6 Å². The van der Waals surface area contributed by atoms with Crippen molar-refractivity contribution >= 4 is 17.5 Å². The summed E-state index contributed by atoms with van der Waals surface area (Å²) in [6, 6.07) is 5.66. The summed E-state index contributed by atoms with van der Waals surface area (Å²) < 4.78 is 15.1. The Balaban J connectivity index is 1.95. The summed E-state index contributed by atoms with van der Waals surface area (Å²) >= 11 is 6.29. The maximum atomic E-state index is 13.5. The first-order valence-corrected chi connectivity index (χ1v) is 8.19. The van der Waals surface area contributed by atoms with E-state index in [2.05, 4.69) is 5.10 Å². The van der Waals surface area contributed by atoms with Gasteiger partial charge < -0.3 is 4.90 Å². The normalized spacial score (nSPS) is 18.7. The molecule has 1 atom stereocenters. The lowest BCUT2D eigenvalue weighted by atomic mass is 10.1. The van der Waals surface area contributed by atoms with Crippen LogP contribution in [0.3, 0.4) is 0 Å². The number of halogens is 2. The molecule has 3 rings (SSSR count). The van der Waals surface area contributed by atoms with Crippen LogP contribution in [-0.2, 0) is 7.05 Å². The van der Waals surface area contributed by atoms with Crippen LogP contribution in [0.15, 0.2) is 30.5 Å². The fourth-order valence-corrected chi connectivity index (χ4v) is 3.43. The van der Waals surface area contributed by atoms with E-state index >= 15 is 0 Å². The number of nitrogens with zero attached hydrogens (tertiary/aromatic N) is 3. The Morgan fingerprint density at radius 1 is 1.35 bits per heavy atom. The minimum atomic E-state index is -0.405. The molecule has 2 heterocycles. The maximum Gasteiger partial charge on any atom is 0.254 e. The van der Waals surface area contributed by atoms with Crippen LogP contribution in [0.1, 0.15) is 47.8 Å². The fourth-order valence-electron chi connectivity index (χ4n) is 3.13. The van der Waals surface area contributed by atoms with Crippen LogP contribution in [0, 0.1) is 5.82 Å². The molecule has 0 saturated carbocycles. The monoisotopic (exact) mass is 335 g/mol. The molecule has 0 radical (unpaired) electrons. The van der Waals surface area contributed by atoms with Gasteiger partial charge in [-0.15, -0.1) is 0 Å². The molecule has 0 spiro atoms. The largest absolute Gasteiger partial charge is 0.330 e. The van der Waals surface area contributed by atoms with Crippen LogP contribution in [-0.4, -0.2) is 27.1 Å². The highest BCUT2D eigenvalue weighted by molar-refractivity contribution is 6.31. The average Bonchev–Trinajstić information content (AvgIpc) is 2.74. The fraction of sp³-hybridized carbons (Fsp3) is 0.412. The zero-order valence-corrected chi connectivity index (χ0v) is 13.8. The highest BCUT2D eigenvalue weighted by Crippen LogP contribution is 2.34. The molecule has 2 aromatic rings. The quantitative estimate of drug-likeness (QED) is 0.832. The molecule has 1 amide bonds. The molecule has 0 N–H and O–H groups in total. The van der Waals surface area contributed by atoms with Gasteiger partial charge in [-0.3, -0.25) is 9.48 Å². The topological polar surface area (TPSA) is 38.1 Å². The van der Waals surface area contributed by atoms with Crippen molar-refractivity contribution in [3.8, 4) is 0 Å². The molecule has 0 aliphatic carbocycles. The standard InChI is InChI=1S/C17H19ClFN3O/c1-21-11-14(18)16(20-21)15-8-3-2-4-9-22(15)17(23)12-6-5-7-13(19)10-12/h5-7,10-11,15H,2-4,8-9H2,1H3/t15-/m1/s1.